The van der Waals surface area contributed by atoms with Gasteiger partial charge >= 0.3 is 0 Å². The molecular formula is C25H18N4O3. The van der Waals surface area contributed by atoms with E-state index in [1.54, 1.807) is 24.7 Å². The number of aryl methyl sites for hydroxylation is 2. The Morgan fingerprint density at radius 3 is 2.50 bits per heavy atom. The van der Waals surface area contributed by atoms with Gasteiger partial charge in [-0.1, -0.05) is 30.3 Å². The van der Waals surface area contributed by atoms with Crippen LogP contribution in [0.1, 0.15) is 20.7 Å². The van der Waals surface area contributed by atoms with E-state index in [-0.39, 0.29) is 5.75 Å². The van der Waals surface area contributed by atoms with Crippen molar-refractivity contribution in [1.29, 1.82) is 0 Å². The number of aromatic hydroxyl groups is 1. The third-order valence-electron chi connectivity index (χ3n) is 6.04. The average Bonchev–Trinajstić information content (AvgIpc) is 3.49. The molecule has 3 aromatic carbocycles. The summed E-state index contributed by atoms with van der Waals surface area (Å²) >= 11 is 0. The minimum atomic E-state index is -0.412. The number of hydrogen-bond donors (Lipinski definition) is 2. The minimum Gasteiger partial charge on any atom is -0.508 e. The van der Waals surface area contributed by atoms with Gasteiger partial charge in [0, 0.05) is 41.8 Å². The standard InChI is InChI=1S/C25H18N4O3/c30-16-6-7-19-18(12-16)21-20(29(19)11-10-28-9-8-26-14-28)13-17(15-4-2-1-3-5-15)22-23(21)25(32)27-24(22)31/h1-9,12-14,30H,10-11H2,(H,27,31,32). The zero-order chi connectivity index (χ0) is 21.8. The number of nitrogens with zero attached hydrogens (tertiary/aromatic N) is 3. The molecule has 2 amide bonds. The number of hydrogen-bond acceptors (Lipinski definition) is 4. The van der Waals surface area contributed by atoms with Crippen LogP contribution in [0.5, 0.6) is 5.75 Å². The number of phenolic OH excluding ortho intramolecular Hbond substituents is 1. The highest BCUT2D eigenvalue weighted by Gasteiger charge is 2.34. The molecule has 6 rings (SSSR count). The van der Waals surface area contributed by atoms with E-state index in [1.165, 1.54) is 0 Å². The van der Waals surface area contributed by atoms with Gasteiger partial charge in [0.15, 0.2) is 0 Å². The number of phenols is 1. The first-order valence-electron chi connectivity index (χ1n) is 10.3. The summed E-state index contributed by atoms with van der Waals surface area (Å²) in [6, 6.07) is 16.7. The van der Waals surface area contributed by atoms with Crippen molar-refractivity contribution < 1.29 is 14.7 Å². The van der Waals surface area contributed by atoms with Gasteiger partial charge in [-0.05, 0) is 35.4 Å². The number of nitrogens with one attached hydrogen (secondary N) is 1. The van der Waals surface area contributed by atoms with Crippen molar-refractivity contribution in [3.05, 3.63) is 84.4 Å². The van der Waals surface area contributed by atoms with Crippen LogP contribution in [0, 0.1) is 0 Å². The highest BCUT2D eigenvalue weighted by molar-refractivity contribution is 6.32. The van der Waals surface area contributed by atoms with Crippen LogP contribution >= 0.6 is 0 Å². The summed E-state index contributed by atoms with van der Waals surface area (Å²) in [5.74, 6) is -0.702. The van der Waals surface area contributed by atoms with E-state index in [4.69, 9.17) is 0 Å². The van der Waals surface area contributed by atoms with Crippen LogP contribution in [0.3, 0.4) is 0 Å². The molecule has 0 fully saturated rings. The van der Waals surface area contributed by atoms with Crippen molar-refractivity contribution >= 4 is 33.6 Å². The summed E-state index contributed by atoms with van der Waals surface area (Å²) in [4.78, 5) is 29.9. The number of fused-ring (bicyclic) bond motifs is 5. The van der Waals surface area contributed by atoms with Crippen molar-refractivity contribution in [3.63, 3.8) is 0 Å². The van der Waals surface area contributed by atoms with E-state index in [1.807, 2.05) is 53.2 Å². The quantitative estimate of drug-likeness (QED) is 0.429. The Morgan fingerprint density at radius 1 is 0.906 bits per heavy atom. The van der Waals surface area contributed by atoms with Gasteiger partial charge in [-0.3, -0.25) is 14.9 Å². The Balaban J connectivity index is 1.71. The summed E-state index contributed by atoms with van der Waals surface area (Å²) in [5.41, 5.74) is 4.05. The van der Waals surface area contributed by atoms with Gasteiger partial charge in [0.05, 0.1) is 23.0 Å². The lowest BCUT2D eigenvalue weighted by molar-refractivity contribution is 0.0880. The first kappa shape index (κ1) is 18.4. The number of imidazole rings is 1. The van der Waals surface area contributed by atoms with Gasteiger partial charge in [-0.15, -0.1) is 0 Å². The van der Waals surface area contributed by atoms with Gasteiger partial charge < -0.3 is 14.2 Å². The summed E-state index contributed by atoms with van der Waals surface area (Å²) in [5, 5.41) is 14.1. The molecule has 0 saturated carbocycles. The van der Waals surface area contributed by atoms with E-state index in [9.17, 15) is 14.7 Å². The Labute approximate surface area is 182 Å². The monoisotopic (exact) mass is 422 g/mol. The normalized spacial score (nSPS) is 13.1. The highest BCUT2D eigenvalue weighted by Crippen LogP contribution is 2.41. The van der Waals surface area contributed by atoms with Gasteiger partial charge in [0.2, 0.25) is 0 Å². The number of benzene rings is 3. The second-order valence-corrected chi connectivity index (χ2v) is 7.87. The van der Waals surface area contributed by atoms with Crippen LogP contribution in [0.25, 0.3) is 32.9 Å². The average molecular weight is 422 g/mol. The van der Waals surface area contributed by atoms with Gasteiger partial charge in [-0.25, -0.2) is 4.98 Å². The molecule has 2 N–H and O–H groups in total. The van der Waals surface area contributed by atoms with E-state index in [2.05, 4.69) is 14.9 Å². The fraction of sp³-hybridized carbons (Fsp3) is 0.0800. The molecule has 2 aromatic heterocycles. The Morgan fingerprint density at radius 2 is 1.72 bits per heavy atom. The molecule has 3 heterocycles. The Hall–Kier alpha value is -4.39. The predicted octanol–water partition coefficient (Wildman–Crippen LogP) is 3.95. The largest absolute Gasteiger partial charge is 0.508 e. The number of aromatic nitrogens is 3. The van der Waals surface area contributed by atoms with Crippen molar-refractivity contribution in [2.45, 2.75) is 13.1 Å². The zero-order valence-electron chi connectivity index (χ0n) is 16.9. The van der Waals surface area contributed by atoms with E-state index >= 15 is 0 Å². The second kappa shape index (κ2) is 6.81. The van der Waals surface area contributed by atoms with Crippen LogP contribution in [0.2, 0.25) is 0 Å². The molecule has 156 valence electrons. The third kappa shape index (κ3) is 2.64. The molecule has 1 aliphatic rings. The smallest absolute Gasteiger partial charge is 0.259 e. The van der Waals surface area contributed by atoms with Crippen molar-refractivity contribution in [1.82, 2.24) is 19.4 Å². The molecule has 0 spiro atoms. The molecule has 7 nitrogen and oxygen atoms in total. The number of rotatable bonds is 4. The summed E-state index contributed by atoms with van der Waals surface area (Å²) in [7, 11) is 0. The number of amides is 2. The molecular weight excluding hydrogens is 404 g/mol. The molecule has 0 aliphatic carbocycles. The summed E-state index contributed by atoms with van der Waals surface area (Å²) in [6.45, 7) is 1.31. The van der Waals surface area contributed by atoms with Crippen LogP contribution in [0.4, 0.5) is 0 Å². The van der Waals surface area contributed by atoms with Crippen LogP contribution in [-0.4, -0.2) is 31.0 Å². The zero-order valence-corrected chi connectivity index (χ0v) is 16.9. The fourth-order valence-corrected chi connectivity index (χ4v) is 4.66. The molecule has 0 saturated heterocycles. The van der Waals surface area contributed by atoms with Crippen LogP contribution in [-0.2, 0) is 13.1 Å². The van der Waals surface area contributed by atoms with Gasteiger partial charge in [0.25, 0.3) is 11.8 Å². The third-order valence-corrected chi connectivity index (χ3v) is 6.04. The first-order chi connectivity index (χ1) is 15.6. The van der Waals surface area contributed by atoms with Gasteiger partial charge in [-0.2, -0.15) is 0 Å². The highest BCUT2D eigenvalue weighted by atomic mass is 16.3. The molecule has 7 heteroatoms. The second-order valence-electron chi connectivity index (χ2n) is 7.87. The lowest BCUT2D eigenvalue weighted by Crippen LogP contribution is -2.20. The van der Waals surface area contributed by atoms with Gasteiger partial charge in [0.1, 0.15) is 5.75 Å². The van der Waals surface area contributed by atoms with Crippen LogP contribution in [0.15, 0.2) is 73.3 Å². The first-order valence-corrected chi connectivity index (χ1v) is 10.3. The minimum absolute atomic E-state index is 0.108. The topological polar surface area (TPSA) is 89.2 Å². The molecule has 0 radical (unpaired) electrons. The SMILES string of the molecule is O=C1NC(=O)c2c1c(-c1ccccc1)cc1c2c2cc(O)ccc2n1CCn1ccnc1. The van der Waals surface area contributed by atoms with E-state index in [0.29, 0.717) is 35.2 Å². The molecule has 1 aliphatic heterocycles. The lowest BCUT2D eigenvalue weighted by Gasteiger charge is -2.12. The molecule has 0 unspecified atom stereocenters. The maximum atomic E-state index is 12.9. The number of imide groups is 1. The number of carbonyl (C=O) groups is 2. The summed E-state index contributed by atoms with van der Waals surface area (Å²) < 4.78 is 4.12. The molecule has 0 bridgehead atoms. The Kier molecular flexibility index (Phi) is 3.91. The maximum absolute atomic E-state index is 12.9. The molecule has 32 heavy (non-hydrogen) atoms. The summed E-state index contributed by atoms with van der Waals surface area (Å²) in [6.07, 6.45) is 5.40. The fourth-order valence-electron chi connectivity index (χ4n) is 4.66. The maximum Gasteiger partial charge on any atom is 0.259 e. The molecule has 0 atom stereocenters. The predicted molar refractivity (Wildman–Crippen MR) is 121 cm³/mol. The van der Waals surface area contributed by atoms with E-state index in [0.717, 1.165) is 22.0 Å². The van der Waals surface area contributed by atoms with Crippen molar-refractivity contribution in [2.24, 2.45) is 0 Å². The number of carbonyl (C=O) groups excluding carboxylic acids is 2. The molecule has 5 aromatic rings. The van der Waals surface area contributed by atoms with E-state index < -0.39 is 11.8 Å². The van der Waals surface area contributed by atoms with Crippen molar-refractivity contribution in [2.75, 3.05) is 0 Å². The lowest BCUT2D eigenvalue weighted by atomic mass is 9.93. The Bertz CT molecular complexity index is 1530. The van der Waals surface area contributed by atoms with Crippen LogP contribution < -0.4 is 5.32 Å². The van der Waals surface area contributed by atoms with Crippen molar-refractivity contribution in [3.8, 4) is 16.9 Å².